The first-order valence-corrected chi connectivity index (χ1v) is 5.41. The van der Waals surface area contributed by atoms with Gasteiger partial charge in [0.15, 0.2) is 0 Å². The van der Waals surface area contributed by atoms with Crippen molar-refractivity contribution in [3.8, 4) is 5.75 Å². The maximum Gasteiger partial charge on any atom is 0.205 e. The molecule has 0 radical (unpaired) electrons. The van der Waals surface area contributed by atoms with Crippen molar-refractivity contribution >= 4 is 23.2 Å². The van der Waals surface area contributed by atoms with Crippen LogP contribution >= 0.6 is 23.2 Å². The Morgan fingerprint density at radius 2 is 1.87 bits per heavy atom. The number of hydrogen-bond acceptors (Lipinski definition) is 1. The van der Waals surface area contributed by atoms with Crippen LogP contribution in [0, 0.1) is 0 Å². The molecule has 78 valence electrons. The van der Waals surface area contributed by atoms with Gasteiger partial charge >= 0.3 is 0 Å². The molecule has 1 aliphatic carbocycles. The van der Waals surface area contributed by atoms with Crippen LogP contribution in [-0.2, 0) is 0 Å². The molecule has 0 fully saturated rings. The molecule has 0 N–H and O–H groups in total. The molecule has 0 aromatic heterocycles. The maximum atomic E-state index is 6.26. The van der Waals surface area contributed by atoms with E-state index in [1.807, 2.05) is 24.3 Å². The molecule has 0 bridgehead atoms. The third-order valence-electron chi connectivity index (χ3n) is 2.09. The van der Waals surface area contributed by atoms with E-state index in [4.69, 9.17) is 27.9 Å². The lowest BCUT2D eigenvalue weighted by atomic mass is 10.1. The predicted octanol–water partition coefficient (Wildman–Crippen LogP) is 4.17. The van der Waals surface area contributed by atoms with E-state index >= 15 is 0 Å². The zero-order chi connectivity index (χ0) is 10.7. The fraction of sp³-hybridized carbons (Fsp3) is 0.167. The summed E-state index contributed by atoms with van der Waals surface area (Å²) < 4.78 is 5.67. The van der Waals surface area contributed by atoms with Gasteiger partial charge in [-0.05, 0) is 30.3 Å². The lowest BCUT2D eigenvalue weighted by Gasteiger charge is -2.25. The summed E-state index contributed by atoms with van der Waals surface area (Å²) in [5.41, 5.74) is 0. The predicted molar refractivity (Wildman–Crippen MR) is 63.6 cm³/mol. The van der Waals surface area contributed by atoms with Crippen molar-refractivity contribution in [2.45, 2.75) is 11.5 Å². The Kier molecular flexibility index (Phi) is 3.03. The van der Waals surface area contributed by atoms with E-state index in [0.29, 0.717) is 17.2 Å². The van der Waals surface area contributed by atoms with E-state index in [1.165, 1.54) is 0 Å². The summed E-state index contributed by atoms with van der Waals surface area (Å²) in [6.45, 7) is 0. The van der Waals surface area contributed by atoms with Crippen LogP contribution in [0.2, 0.25) is 5.02 Å². The molecule has 1 nitrogen and oxygen atoms in total. The molecule has 0 saturated heterocycles. The van der Waals surface area contributed by atoms with Crippen LogP contribution < -0.4 is 4.74 Å². The van der Waals surface area contributed by atoms with Crippen molar-refractivity contribution in [2.75, 3.05) is 0 Å². The topological polar surface area (TPSA) is 9.23 Å². The van der Waals surface area contributed by atoms with Gasteiger partial charge in [0.2, 0.25) is 5.06 Å². The maximum absolute atomic E-state index is 6.26. The first-order valence-electron chi connectivity index (χ1n) is 4.66. The Hall–Kier alpha value is -0.920. The summed E-state index contributed by atoms with van der Waals surface area (Å²) in [4.78, 5) is 0. The van der Waals surface area contributed by atoms with E-state index in [0.717, 1.165) is 0 Å². The number of hydrogen-bond donors (Lipinski definition) is 0. The fourth-order valence-corrected chi connectivity index (χ4v) is 1.73. The molecular weight excluding hydrogens is 231 g/mol. The Bertz CT molecular complexity index is 395. The van der Waals surface area contributed by atoms with Gasteiger partial charge in [-0.15, -0.1) is 0 Å². The SMILES string of the molecule is Clc1ccc(OC2(Cl)C=CC=CC2)cc1. The molecular formula is C12H10Cl2O. The third-order valence-corrected chi connectivity index (χ3v) is 2.70. The van der Waals surface area contributed by atoms with Gasteiger partial charge in [-0.2, -0.15) is 0 Å². The van der Waals surface area contributed by atoms with E-state index in [2.05, 4.69) is 0 Å². The van der Waals surface area contributed by atoms with Crippen LogP contribution in [0.15, 0.2) is 48.6 Å². The van der Waals surface area contributed by atoms with Gasteiger partial charge in [0.1, 0.15) is 5.75 Å². The van der Waals surface area contributed by atoms with Gasteiger partial charge in [-0.3, -0.25) is 0 Å². The summed E-state index contributed by atoms with van der Waals surface area (Å²) in [6, 6.07) is 7.16. The number of benzene rings is 1. The molecule has 1 aliphatic rings. The summed E-state index contributed by atoms with van der Waals surface area (Å²) in [6.07, 6.45) is 8.30. The van der Waals surface area contributed by atoms with Crippen molar-refractivity contribution < 1.29 is 4.74 Å². The monoisotopic (exact) mass is 240 g/mol. The van der Waals surface area contributed by atoms with E-state index in [9.17, 15) is 0 Å². The zero-order valence-electron chi connectivity index (χ0n) is 7.99. The van der Waals surface area contributed by atoms with Gasteiger partial charge in [-0.25, -0.2) is 0 Å². The number of rotatable bonds is 2. The highest BCUT2D eigenvalue weighted by Crippen LogP contribution is 2.29. The van der Waals surface area contributed by atoms with Crippen molar-refractivity contribution in [1.82, 2.24) is 0 Å². The minimum atomic E-state index is -0.761. The smallest absolute Gasteiger partial charge is 0.205 e. The molecule has 0 spiro atoms. The molecule has 1 atom stereocenters. The lowest BCUT2D eigenvalue weighted by Crippen LogP contribution is -2.26. The molecule has 2 rings (SSSR count). The average molecular weight is 241 g/mol. The van der Waals surface area contributed by atoms with Gasteiger partial charge in [0, 0.05) is 11.4 Å². The molecule has 0 amide bonds. The van der Waals surface area contributed by atoms with Crippen LogP contribution in [-0.4, -0.2) is 5.06 Å². The molecule has 1 aromatic carbocycles. The molecule has 3 heteroatoms. The average Bonchev–Trinajstić information content (AvgIpc) is 2.22. The summed E-state index contributed by atoms with van der Waals surface area (Å²) in [5.74, 6) is 0.717. The molecule has 0 saturated carbocycles. The van der Waals surface area contributed by atoms with Crippen LogP contribution in [0.3, 0.4) is 0 Å². The zero-order valence-corrected chi connectivity index (χ0v) is 9.50. The van der Waals surface area contributed by atoms with E-state index < -0.39 is 5.06 Å². The fourth-order valence-electron chi connectivity index (χ4n) is 1.35. The third kappa shape index (κ3) is 2.77. The normalized spacial score (nSPS) is 24.1. The van der Waals surface area contributed by atoms with Gasteiger partial charge in [0.25, 0.3) is 0 Å². The minimum absolute atomic E-state index is 0.660. The molecule has 1 aromatic rings. The first kappa shape index (κ1) is 10.6. The molecule has 15 heavy (non-hydrogen) atoms. The molecule has 0 aliphatic heterocycles. The van der Waals surface area contributed by atoms with Crippen molar-refractivity contribution in [3.63, 3.8) is 0 Å². The Labute approximate surface area is 99.0 Å². The largest absolute Gasteiger partial charge is 0.468 e. The Morgan fingerprint density at radius 1 is 1.13 bits per heavy atom. The van der Waals surface area contributed by atoms with Crippen molar-refractivity contribution in [2.24, 2.45) is 0 Å². The quantitative estimate of drug-likeness (QED) is 0.706. The van der Waals surface area contributed by atoms with Crippen LogP contribution in [0.5, 0.6) is 5.75 Å². The second-order valence-corrected chi connectivity index (χ2v) is 4.41. The highest BCUT2D eigenvalue weighted by molar-refractivity contribution is 6.30. The second kappa shape index (κ2) is 4.30. The number of ether oxygens (including phenoxy) is 1. The van der Waals surface area contributed by atoms with Crippen molar-refractivity contribution in [1.29, 1.82) is 0 Å². The van der Waals surface area contributed by atoms with Crippen LogP contribution in [0.1, 0.15) is 6.42 Å². The number of allylic oxidation sites excluding steroid dienone is 2. The van der Waals surface area contributed by atoms with Crippen LogP contribution in [0.25, 0.3) is 0 Å². The van der Waals surface area contributed by atoms with Gasteiger partial charge in [0.05, 0.1) is 0 Å². The first-order chi connectivity index (χ1) is 7.18. The summed E-state index contributed by atoms with van der Waals surface area (Å²) in [7, 11) is 0. The second-order valence-electron chi connectivity index (χ2n) is 3.33. The standard InChI is InChI=1S/C12H10Cl2O/c13-10-4-6-11(7-5-10)15-12(14)8-2-1-3-9-12/h1-8H,9H2. The Morgan fingerprint density at radius 3 is 2.47 bits per heavy atom. The summed E-state index contributed by atoms with van der Waals surface area (Å²) in [5, 5.41) is -0.0761. The van der Waals surface area contributed by atoms with E-state index in [-0.39, 0.29) is 0 Å². The molecule has 1 unspecified atom stereocenters. The Balaban J connectivity index is 2.11. The van der Waals surface area contributed by atoms with Gasteiger partial charge in [-0.1, -0.05) is 41.4 Å². The highest BCUT2D eigenvalue weighted by atomic mass is 35.5. The van der Waals surface area contributed by atoms with Gasteiger partial charge < -0.3 is 4.74 Å². The minimum Gasteiger partial charge on any atom is -0.468 e. The summed E-state index contributed by atoms with van der Waals surface area (Å²) >= 11 is 12.0. The number of halogens is 2. The van der Waals surface area contributed by atoms with Crippen LogP contribution in [0.4, 0.5) is 0 Å². The number of alkyl halides is 1. The lowest BCUT2D eigenvalue weighted by molar-refractivity contribution is 0.209. The van der Waals surface area contributed by atoms with E-state index in [1.54, 1.807) is 24.3 Å². The highest BCUT2D eigenvalue weighted by Gasteiger charge is 2.25. The molecule has 0 heterocycles. The van der Waals surface area contributed by atoms with Crippen molar-refractivity contribution in [3.05, 3.63) is 53.6 Å².